The Kier molecular flexibility index (Phi) is 4.06. The van der Waals surface area contributed by atoms with E-state index in [4.69, 9.17) is 0 Å². The molecule has 0 bridgehead atoms. The first-order chi connectivity index (χ1) is 6.29. The van der Waals surface area contributed by atoms with Crippen LogP contribution in [0.3, 0.4) is 0 Å². The second-order valence-corrected chi connectivity index (χ2v) is 3.48. The highest BCUT2D eigenvalue weighted by molar-refractivity contribution is 5.74. The molecule has 1 radical (unpaired) electrons. The van der Waals surface area contributed by atoms with Crippen LogP contribution in [-0.4, -0.2) is 30.1 Å². The minimum atomic E-state index is -0.0168. The number of carbonyl (C=O) groups excluding carboxylic acids is 1. The lowest BCUT2D eigenvalue weighted by Gasteiger charge is -2.26. The molecule has 0 unspecified atom stereocenters. The first-order valence-electron chi connectivity index (χ1n) is 5.27. The molecule has 1 rings (SSSR count). The summed E-state index contributed by atoms with van der Waals surface area (Å²) in [6, 6.07) is 0.449. The number of hydrogen-bond acceptors (Lipinski definition) is 1. The normalized spacial score (nSPS) is 17.4. The molecule has 0 aromatic carbocycles. The fourth-order valence-electron chi connectivity index (χ4n) is 1.99. The van der Waals surface area contributed by atoms with E-state index in [9.17, 15) is 4.79 Å². The molecular formula is C10H19N2O. The van der Waals surface area contributed by atoms with Gasteiger partial charge in [-0.05, 0) is 26.7 Å². The molecule has 75 valence electrons. The first kappa shape index (κ1) is 10.4. The molecule has 3 heteroatoms. The van der Waals surface area contributed by atoms with Gasteiger partial charge in [-0.25, -0.2) is 10.1 Å². The molecule has 0 aromatic heterocycles. The molecule has 3 nitrogen and oxygen atoms in total. The van der Waals surface area contributed by atoms with Crippen LogP contribution in [0, 0.1) is 0 Å². The molecular weight excluding hydrogens is 164 g/mol. The zero-order valence-electron chi connectivity index (χ0n) is 8.62. The van der Waals surface area contributed by atoms with Gasteiger partial charge < -0.3 is 4.90 Å². The Morgan fingerprint density at radius 2 is 2.00 bits per heavy atom. The fourth-order valence-corrected chi connectivity index (χ4v) is 1.99. The van der Waals surface area contributed by atoms with Gasteiger partial charge in [-0.1, -0.05) is 12.8 Å². The number of nitrogens with zero attached hydrogens (tertiary/aromatic N) is 2. The fraction of sp³-hybridized carbons (Fsp3) is 0.900. The zero-order chi connectivity index (χ0) is 9.68. The summed E-state index contributed by atoms with van der Waals surface area (Å²) in [5.41, 5.74) is 0. The summed E-state index contributed by atoms with van der Waals surface area (Å²) < 4.78 is 0. The van der Waals surface area contributed by atoms with Crippen LogP contribution in [-0.2, 0) is 0 Å². The predicted octanol–water partition coefficient (Wildman–Crippen LogP) is 2.00. The van der Waals surface area contributed by atoms with Gasteiger partial charge >= 0.3 is 6.03 Å². The van der Waals surface area contributed by atoms with E-state index in [1.807, 2.05) is 18.7 Å². The lowest BCUT2D eigenvalue weighted by Crippen LogP contribution is -2.42. The summed E-state index contributed by atoms with van der Waals surface area (Å²) in [6.07, 6.45) is 4.86. The molecule has 1 aliphatic rings. The van der Waals surface area contributed by atoms with Gasteiger partial charge in [0.1, 0.15) is 0 Å². The van der Waals surface area contributed by atoms with E-state index < -0.39 is 0 Å². The molecule has 0 heterocycles. The number of hydrogen-bond donors (Lipinski definition) is 0. The number of amides is 2. The highest BCUT2D eigenvalue weighted by atomic mass is 16.2. The molecule has 0 N–H and O–H groups in total. The van der Waals surface area contributed by atoms with Gasteiger partial charge in [0.2, 0.25) is 0 Å². The van der Waals surface area contributed by atoms with Crippen LogP contribution in [0.25, 0.3) is 0 Å². The molecule has 1 aliphatic carbocycles. The monoisotopic (exact) mass is 183 g/mol. The average Bonchev–Trinajstić information content (AvgIpc) is 2.59. The van der Waals surface area contributed by atoms with Gasteiger partial charge in [0.25, 0.3) is 0 Å². The molecule has 13 heavy (non-hydrogen) atoms. The summed E-state index contributed by atoms with van der Waals surface area (Å²) in [7, 11) is 0. The smallest absolute Gasteiger partial charge is 0.321 e. The third kappa shape index (κ3) is 2.61. The van der Waals surface area contributed by atoms with Crippen LogP contribution in [0.1, 0.15) is 39.5 Å². The summed E-state index contributed by atoms with van der Waals surface area (Å²) in [5.74, 6) is 0. The molecule has 0 spiro atoms. The van der Waals surface area contributed by atoms with E-state index in [2.05, 4.69) is 5.32 Å². The van der Waals surface area contributed by atoms with E-state index in [0.717, 1.165) is 6.54 Å². The van der Waals surface area contributed by atoms with Crippen LogP contribution in [0.15, 0.2) is 0 Å². The molecule has 0 aromatic rings. The van der Waals surface area contributed by atoms with Crippen molar-refractivity contribution in [1.29, 1.82) is 0 Å². The van der Waals surface area contributed by atoms with Crippen LogP contribution >= 0.6 is 0 Å². The summed E-state index contributed by atoms with van der Waals surface area (Å²) in [4.78, 5) is 13.4. The van der Waals surface area contributed by atoms with Crippen molar-refractivity contribution in [1.82, 2.24) is 10.2 Å². The number of carbonyl (C=O) groups is 1. The van der Waals surface area contributed by atoms with Crippen molar-refractivity contribution >= 4 is 6.03 Å². The maximum absolute atomic E-state index is 11.5. The minimum absolute atomic E-state index is 0.0168. The Morgan fingerprint density at radius 3 is 2.46 bits per heavy atom. The maximum atomic E-state index is 11.5. The van der Waals surface area contributed by atoms with Crippen molar-refractivity contribution in [2.75, 3.05) is 13.1 Å². The Morgan fingerprint density at radius 1 is 1.38 bits per heavy atom. The molecule has 1 fully saturated rings. The molecule has 0 atom stereocenters. The van der Waals surface area contributed by atoms with Gasteiger partial charge in [0, 0.05) is 19.1 Å². The lowest BCUT2D eigenvalue weighted by atomic mass is 10.2. The summed E-state index contributed by atoms with van der Waals surface area (Å²) in [5, 5.41) is 3.93. The van der Waals surface area contributed by atoms with E-state index in [1.54, 1.807) is 0 Å². The van der Waals surface area contributed by atoms with Crippen molar-refractivity contribution in [3.8, 4) is 0 Å². The average molecular weight is 183 g/mol. The van der Waals surface area contributed by atoms with Crippen LogP contribution in [0.5, 0.6) is 0 Å². The molecule has 2 amide bonds. The molecule has 0 saturated heterocycles. The van der Waals surface area contributed by atoms with E-state index in [0.29, 0.717) is 12.6 Å². The predicted molar refractivity (Wildman–Crippen MR) is 52.7 cm³/mol. The maximum Gasteiger partial charge on any atom is 0.339 e. The summed E-state index contributed by atoms with van der Waals surface area (Å²) in [6.45, 7) is 5.33. The van der Waals surface area contributed by atoms with Gasteiger partial charge in [-0.15, -0.1) is 0 Å². The van der Waals surface area contributed by atoms with Gasteiger partial charge in [-0.3, -0.25) is 0 Å². The largest absolute Gasteiger partial charge is 0.339 e. The number of rotatable bonds is 3. The third-order valence-corrected chi connectivity index (χ3v) is 2.65. The van der Waals surface area contributed by atoms with Crippen molar-refractivity contribution in [2.24, 2.45) is 0 Å². The quantitative estimate of drug-likeness (QED) is 0.659. The first-order valence-corrected chi connectivity index (χ1v) is 5.27. The van der Waals surface area contributed by atoms with Gasteiger partial charge in [0.15, 0.2) is 0 Å². The molecule has 1 saturated carbocycles. The number of urea groups is 1. The van der Waals surface area contributed by atoms with E-state index in [1.165, 1.54) is 25.7 Å². The topological polar surface area (TPSA) is 34.4 Å². The minimum Gasteiger partial charge on any atom is -0.321 e. The standard InChI is InChI=1S/C10H19N2O/c1-3-11-10(13)12(4-2)9-7-5-6-8-9/h9H,3-8H2,1-2H3. The van der Waals surface area contributed by atoms with Crippen LogP contribution in [0.2, 0.25) is 0 Å². The van der Waals surface area contributed by atoms with Crippen molar-refractivity contribution in [3.63, 3.8) is 0 Å². The van der Waals surface area contributed by atoms with Crippen molar-refractivity contribution in [3.05, 3.63) is 0 Å². The van der Waals surface area contributed by atoms with Crippen molar-refractivity contribution < 1.29 is 4.79 Å². The molecule has 0 aliphatic heterocycles. The van der Waals surface area contributed by atoms with Gasteiger partial charge in [-0.2, -0.15) is 0 Å². The van der Waals surface area contributed by atoms with Crippen molar-refractivity contribution in [2.45, 2.75) is 45.6 Å². The van der Waals surface area contributed by atoms with Crippen LogP contribution < -0.4 is 5.32 Å². The van der Waals surface area contributed by atoms with Crippen LogP contribution in [0.4, 0.5) is 4.79 Å². The Balaban J connectivity index is 2.44. The van der Waals surface area contributed by atoms with E-state index in [-0.39, 0.29) is 6.03 Å². The summed E-state index contributed by atoms with van der Waals surface area (Å²) >= 11 is 0. The zero-order valence-corrected chi connectivity index (χ0v) is 8.62. The second kappa shape index (κ2) is 5.10. The highest BCUT2D eigenvalue weighted by Gasteiger charge is 2.25. The Hall–Kier alpha value is -0.730. The lowest BCUT2D eigenvalue weighted by molar-refractivity contribution is 0.178. The van der Waals surface area contributed by atoms with Gasteiger partial charge in [0.05, 0.1) is 0 Å². The Labute approximate surface area is 80.5 Å². The second-order valence-electron chi connectivity index (χ2n) is 3.48. The SMILES string of the molecule is CC[N]C(=O)N(CC)C1CCCC1. The third-order valence-electron chi connectivity index (χ3n) is 2.65. The van der Waals surface area contributed by atoms with E-state index >= 15 is 0 Å². The Bertz CT molecular complexity index is 164. The highest BCUT2D eigenvalue weighted by Crippen LogP contribution is 2.23.